The molecule has 0 bridgehead atoms. The monoisotopic (exact) mass is 347 g/mol. The molecule has 0 radical (unpaired) electrons. The first kappa shape index (κ1) is 21.7. The van der Waals surface area contributed by atoms with Gasteiger partial charge in [-0.15, -0.1) is 0 Å². The van der Waals surface area contributed by atoms with Gasteiger partial charge in [0, 0.05) is 0 Å². The number of nitrogens with one attached hydrogen (secondary N) is 1. The Hall–Kier alpha value is -1.35. The van der Waals surface area contributed by atoms with Crippen molar-refractivity contribution in [2.45, 2.75) is 85.1 Å². The predicted octanol–water partition coefficient (Wildman–Crippen LogP) is 5.00. The molecule has 1 aliphatic rings. The van der Waals surface area contributed by atoms with Crippen LogP contribution >= 0.6 is 0 Å². The molecular weight excluding hydrogens is 310 g/mol. The van der Waals surface area contributed by atoms with Gasteiger partial charge in [-0.2, -0.15) is 0 Å². The van der Waals surface area contributed by atoms with E-state index in [1.165, 1.54) is 44.1 Å². The molecule has 0 fully saturated rings. The maximum absolute atomic E-state index is 10.9. The van der Waals surface area contributed by atoms with E-state index in [9.17, 15) is 4.79 Å². The normalized spacial score (nSPS) is 15.0. The molecule has 25 heavy (non-hydrogen) atoms. The zero-order valence-corrected chi connectivity index (χ0v) is 16.6. The third kappa shape index (κ3) is 7.60. The molecule has 2 unspecified atom stereocenters. The first-order valence-corrected chi connectivity index (χ1v) is 10.1. The van der Waals surface area contributed by atoms with Crippen molar-refractivity contribution >= 4 is 5.97 Å². The van der Waals surface area contributed by atoms with Gasteiger partial charge in [-0.3, -0.25) is 4.79 Å². The smallest absolute Gasteiger partial charge is 0.320 e. The second kappa shape index (κ2) is 12.1. The summed E-state index contributed by atoms with van der Waals surface area (Å²) in [7, 11) is 0. The van der Waals surface area contributed by atoms with Crippen LogP contribution in [0.1, 0.15) is 76.5 Å². The van der Waals surface area contributed by atoms with E-state index < -0.39 is 5.97 Å². The van der Waals surface area contributed by atoms with Crippen molar-refractivity contribution in [1.29, 1.82) is 0 Å². The highest BCUT2D eigenvalue weighted by Crippen LogP contribution is 2.22. The van der Waals surface area contributed by atoms with Crippen LogP contribution in [0, 0.1) is 5.92 Å². The van der Waals surface area contributed by atoms with Crippen LogP contribution in [0.15, 0.2) is 18.2 Å². The number of fused-ring (bicyclic) bond motifs is 1. The van der Waals surface area contributed by atoms with E-state index in [0.29, 0.717) is 0 Å². The Morgan fingerprint density at radius 1 is 1.16 bits per heavy atom. The summed E-state index contributed by atoms with van der Waals surface area (Å²) in [6.45, 7) is 9.18. The number of carboxylic acid groups (broad SMARTS) is 1. The molecule has 0 spiro atoms. The van der Waals surface area contributed by atoms with Gasteiger partial charge in [0.05, 0.1) is 0 Å². The fourth-order valence-electron chi connectivity index (χ4n) is 3.25. The van der Waals surface area contributed by atoms with Crippen LogP contribution in [-0.4, -0.2) is 23.7 Å². The lowest BCUT2D eigenvalue weighted by Crippen LogP contribution is -2.42. The predicted molar refractivity (Wildman–Crippen MR) is 106 cm³/mol. The van der Waals surface area contributed by atoms with Crippen LogP contribution in [0.4, 0.5) is 0 Å². The molecule has 3 heteroatoms. The Bertz CT molecular complexity index is 513. The van der Waals surface area contributed by atoms with Gasteiger partial charge in [0.1, 0.15) is 6.04 Å². The molecule has 2 atom stereocenters. The maximum Gasteiger partial charge on any atom is 0.320 e. The lowest BCUT2D eigenvalue weighted by molar-refractivity contribution is -0.140. The first-order valence-electron chi connectivity index (χ1n) is 10.1. The molecule has 1 aliphatic carbocycles. The number of carboxylic acids is 1. The van der Waals surface area contributed by atoms with Gasteiger partial charge < -0.3 is 10.4 Å². The molecule has 1 aromatic carbocycles. The van der Waals surface area contributed by atoms with Crippen molar-refractivity contribution in [2.75, 3.05) is 6.54 Å². The molecule has 2 N–H and O–H groups in total. The topological polar surface area (TPSA) is 49.3 Å². The van der Waals surface area contributed by atoms with E-state index in [0.717, 1.165) is 19.4 Å². The van der Waals surface area contributed by atoms with Gasteiger partial charge >= 0.3 is 5.97 Å². The zero-order chi connectivity index (χ0) is 18.7. The molecule has 0 aromatic heterocycles. The summed E-state index contributed by atoms with van der Waals surface area (Å²) in [5.41, 5.74) is 4.68. The molecule has 0 saturated carbocycles. The lowest BCUT2D eigenvalue weighted by atomic mass is 9.99. The molecule has 1 aromatic rings. The summed E-state index contributed by atoms with van der Waals surface area (Å²) in [5.74, 6) is -0.523. The van der Waals surface area contributed by atoms with Crippen molar-refractivity contribution in [3.63, 3.8) is 0 Å². The standard InChI is InChI=1S/C11H23NO2.C11H14/c1-4-6-7-8-12-10(11(13)14)9(3)5-2;1-2-9-6-7-10-4-3-5-11(10)8-9/h9-10,12H,4-8H2,1-3H3,(H,13,14);6-8H,2-5H2,1H3. The van der Waals surface area contributed by atoms with E-state index in [1.54, 1.807) is 11.1 Å². The maximum atomic E-state index is 10.9. The van der Waals surface area contributed by atoms with Crippen molar-refractivity contribution in [3.05, 3.63) is 34.9 Å². The highest BCUT2D eigenvalue weighted by molar-refractivity contribution is 5.73. The summed E-state index contributed by atoms with van der Waals surface area (Å²) in [6.07, 6.45) is 9.45. The SMILES string of the molecule is CCCCCNC(C(=O)O)C(C)CC.CCc1ccc2c(c1)CCC2. The van der Waals surface area contributed by atoms with E-state index in [1.807, 2.05) is 13.8 Å². The van der Waals surface area contributed by atoms with Gasteiger partial charge in [-0.25, -0.2) is 0 Å². The summed E-state index contributed by atoms with van der Waals surface area (Å²) < 4.78 is 0. The highest BCUT2D eigenvalue weighted by atomic mass is 16.4. The van der Waals surface area contributed by atoms with Gasteiger partial charge in [-0.1, -0.05) is 65.2 Å². The number of aliphatic carboxylic acids is 1. The Morgan fingerprint density at radius 2 is 1.88 bits per heavy atom. The first-order chi connectivity index (χ1) is 12.0. The number of hydrogen-bond acceptors (Lipinski definition) is 2. The van der Waals surface area contributed by atoms with Crippen LogP contribution in [-0.2, 0) is 24.1 Å². The zero-order valence-electron chi connectivity index (χ0n) is 16.6. The van der Waals surface area contributed by atoms with Crippen molar-refractivity contribution < 1.29 is 9.90 Å². The van der Waals surface area contributed by atoms with Gasteiger partial charge in [0.2, 0.25) is 0 Å². The number of hydrogen-bond donors (Lipinski definition) is 2. The fourth-order valence-corrected chi connectivity index (χ4v) is 3.25. The molecule has 0 heterocycles. The minimum absolute atomic E-state index is 0.203. The summed E-state index contributed by atoms with van der Waals surface area (Å²) in [5, 5.41) is 12.1. The average molecular weight is 348 g/mol. The van der Waals surface area contributed by atoms with Gasteiger partial charge in [-0.05, 0) is 61.3 Å². The molecule has 3 nitrogen and oxygen atoms in total. The Kier molecular flexibility index (Phi) is 10.5. The molecule has 2 rings (SSSR count). The van der Waals surface area contributed by atoms with Crippen LogP contribution in [0.25, 0.3) is 0 Å². The summed E-state index contributed by atoms with van der Waals surface area (Å²) >= 11 is 0. The highest BCUT2D eigenvalue weighted by Gasteiger charge is 2.21. The van der Waals surface area contributed by atoms with Crippen molar-refractivity contribution in [1.82, 2.24) is 5.32 Å². The minimum Gasteiger partial charge on any atom is -0.480 e. The third-order valence-electron chi connectivity index (χ3n) is 5.19. The van der Waals surface area contributed by atoms with E-state index in [2.05, 4.69) is 37.4 Å². The van der Waals surface area contributed by atoms with Gasteiger partial charge in [0.15, 0.2) is 0 Å². The largest absolute Gasteiger partial charge is 0.480 e. The molecule has 0 amide bonds. The van der Waals surface area contributed by atoms with Gasteiger partial charge in [0.25, 0.3) is 0 Å². The number of unbranched alkanes of at least 4 members (excludes halogenated alkanes) is 2. The Labute approximate surface area is 154 Å². The molecular formula is C22H37NO2. The third-order valence-corrected chi connectivity index (χ3v) is 5.19. The molecule has 0 saturated heterocycles. The van der Waals surface area contributed by atoms with E-state index in [4.69, 9.17) is 5.11 Å². The number of benzene rings is 1. The number of carbonyl (C=O) groups is 1. The second-order valence-electron chi connectivity index (χ2n) is 7.17. The van der Waals surface area contributed by atoms with Crippen LogP contribution in [0.5, 0.6) is 0 Å². The van der Waals surface area contributed by atoms with Crippen molar-refractivity contribution in [3.8, 4) is 0 Å². The molecule has 142 valence electrons. The number of aryl methyl sites for hydroxylation is 3. The lowest BCUT2D eigenvalue weighted by Gasteiger charge is -2.19. The Balaban J connectivity index is 0.000000255. The fraction of sp³-hybridized carbons (Fsp3) is 0.682. The molecule has 0 aliphatic heterocycles. The second-order valence-corrected chi connectivity index (χ2v) is 7.17. The quantitative estimate of drug-likeness (QED) is 0.618. The van der Waals surface area contributed by atoms with Crippen LogP contribution in [0.3, 0.4) is 0 Å². The Morgan fingerprint density at radius 3 is 2.48 bits per heavy atom. The van der Waals surface area contributed by atoms with E-state index >= 15 is 0 Å². The minimum atomic E-state index is -0.726. The summed E-state index contributed by atoms with van der Waals surface area (Å²) in [6, 6.07) is 6.57. The van der Waals surface area contributed by atoms with Crippen LogP contribution in [0.2, 0.25) is 0 Å². The average Bonchev–Trinajstić information content (AvgIpc) is 3.09. The van der Waals surface area contributed by atoms with E-state index in [-0.39, 0.29) is 12.0 Å². The summed E-state index contributed by atoms with van der Waals surface area (Å²) in [4.78, 5) is 10.9. The van der Waals surface area contributed by atoms with Crippen LogP contribution < -0.4 is 5.32 Å². The number of rotatable bonds is 9. The van der Waals surface area contributed by atoms with Crippen molar-refractivity contribution in [2.24, 2.45) is 5.92 Å².